The number of hydrogen-bond donors (Lipinski definition) is 2. The molecule has 0 unspecified atom stereocenters. The first-order valence-electron chi connectivity index (χ1n) is 7.62. The van der Waals surface area contributed by atoms with Gasteiger partial charge < -0.3 is 20.1 Å². The van der Waals surface area contributed by atoms with Crippen LogP contribution in [-0.2, 0) is 6.54 Å². The summed E-state index contributed by atoms with van der Waals surface area (Å²) in [6.07, 6.45) is 0.964. The van der Waals surface area contributed by atoms with E-state index in [9.17, 15) is 0 Å². The summed E-state index contributed by atoms with van der Waals surface area (Å²) in [5.74, 6) is 1.50. The van der Waals surface area contributed by atoms with Gasteiger partial charge in [-0.2, -0.15) is 0 Å². The molecule has 4 nitrogen and oxygen atoms in total. The Balaban J connectivity index is 1.91. The molecule has 23 heavy (non-hydrogen) atoms. The summed E-state index contributed by atoms with van der Waals surface area (Å²) >= 11 is 5.30. The van der Waals surface area contributed by atoms with Crippen molar-refractivity contribution in [2.75, 3.05) is 19.0 Å². The van der Waals surface area contributed by atoms with Crippen molar-refractivity contribution in [3.8, 4) is 11.5 Å². The molecular formula is C18H22N2O2S. The first-order valence-corrected chi connectivity index (χ1v) is 8.03. The van der Waals surface area contributed by atoms with E-state index in [0.717, 1.165) is 29.2 Å². The summed E-state index contributed by atoms with van der Waals surface area (Å²) in [4.78, 5) is 0. The molecule has 0 amide bonds. The van der Waals surface area contributed by atoms with Gasteiger partial charge in [0.05, 0.1) is 13.7 Å². The zero-order valence-electron chi connectivity index (χ0n) is 13.5. The molecule has 2 aromatic carbocycles. The third-order valence-corrected chi connectivity index (χ3v) is 3.42. The summed E-state index contributed by atoms with van der Waals surface area (Å²) in [6.45, 7) is 3.37. The number of rotatable bonds is 7. The van der Waals surface area contributed by atoms with E-state index in [0.29, 0.717) is 18.3 Å². The van der Waals surface area contributed by atoms with Crippen LogP contribution < -0.4 is 20.1 Å². The largest absolute Gasteiger partial charge is 0.493 e. The second kappa shape index (κ2) is 9.00. The van der Waals surface area contributed by atoms with E-state index < -0.39 is 0 Å². The van der Waals surface area contributed by atoms with Gasteiger partial charge in [0.1, 0.15) is 0 Å². The fourth-order valence-corrected chi connectivity index (χ4v) is 2.22. The number of ether oxygens (including phenoxy) is 2. The molecule has 0 heterocycles. The van der Waals surface area contributed by atoms with Crippen LogP contribution in [0.4, 0.5) is 5.69 Å². The van der Waals surface area contributed by atoms with Gasteiger partial charge in [0.2, 0.25) is 0 Å². The second-order valence-electron chi connectivity index (χ2n) is 5.01. The van der Waals surface area contributed by atoms with Crippen LogP contribution in [0.25, 0.3) is 0 Å². The predicted molar refractivity (Wildman–Crippen MR) is 98.3 cm³/mol. The van der Waals surface area contributed by atoms with E-state index in [-0.39, 0.29) is 0 Å². The first-order chi connectivity index (χ1) is 11.2. The lowest BCUT2D eigenvalue weighted by Gasteiger charge is -2.13. The van der Waals surface area contributed by atoms with Gasteiger partial charge in [0.15, 0.2) is 16.6 Å². The number of nitrogens with one attached hydrogen (secondary N) is 2. The van der Waals surface area contributed by atoms with Gasteiger partial charge in [-0.3, -0.25) is 0 Å². The van der Waals surface area contributed by atoms with Gasteiger partial charge in [0, 0.05) is 12.2 Å². The van der Waals surface area contributed by atoms with Crippen molar-refractivity contribution < 1.29 is 9.47 Å². The highest BCUT2D eigenvalue weighted by molar-refractivity contribution is 7.80. The van der Waals surface area contributed by atoms with Crippen molar-refractivity contribution in [2.45, 2.75) is 19.9 Å². The Morgan fingerprint density at radius 2 is 1.87 bits per heavy atom. The average molecular weight is 330 g/mol. The molecule has 0 spiro atoms. The van der Waals surface area contributed by atoms with Crippen molar-refractivity contribution in [1.29, 1.82) is 0 Å². The molecule has 0 aliphatic heterocycles. The van der Waals surface area contributed by atoms with Crippen LogP contribution >= 0.6 is 12.2 Å². The molecular weight excluding hydrogens is 308 g/mol. The number of anilines is 1. The van der Waals surface area contributed by atoms with E-state index in [1.807, 2.05) is 48.5 Å². The van der Waals surface area contributed by atoms with Gasteiger partial charge >= 0.3 is 0 Å². The van der Waals surface area contributed by atoms with Crippen LogP contribution in [0.1, 0.15) is 18.9 Å². The smallest absolute Gasteiger partial charge is 0.171 e. The summed E-state index contributed by atoms with van der Waals surface area (Å²) in [5, 5.41) is 6.91. The Kier molecular flexibility index (Phi) is 6.69. The number of benzene rings is 2. The highest BCUT2D eigenvalue weighted by Gasteiger charge is 2.06. The summed E-state index contributed by atoms with van der Waals surface area (Å²) in [5.41, 5.74) is 2.04. The third kappa shape index (κ3) is 5.45. The van der Waals surface area contributed by atoms with Gasteiger partial charge in [-0.05, 0) is 48.5 Å². The number of methoxy groups -OCH3 is 1. The second-order valence-corrected chi connectivity index (χ2v) is 5.42. The van der Waals surface area contributed by atoms with Crippen molar-refractivity contribution in [3.63, 3.8) is 0 Å². The van der Waals surface area contributed by atoms with Crippen molar-refractivity contribution in [1.82, 2.24) is 5.32 Å². The normalized spacial score (nSPS) is 10.0. The SMILES string of the molecule is CCCOc1ccc(CNC(=S)Nc2ccccc2)cc1OC. The zero-order chi connectivity index (χ0) is 16.5. The van der Waals surface area contributed by atoms with Crippen molar-refractivity contribution in [3.05, 3.63) is 54.1 Å². The third-order valence-electron chi connectivity index (χ3n) is 3.17. The Morgan fingerprint density at radius 1 is 1.09 bits per heavy atom. The van der Waals surface area contributed by atoms with Gasteiger partial charge in [0.25, 0.3) is 0 Å². The maximum Gasteiger partial charge on any atom is 0.171 e. The molecule has 122 valence electrons. The van der Waals surface area contributed by atoms with E-state index in [1.165, 1.54) is 0 Å². The van der Waals surface area contributed by atoms with Crippen LogP contribution in [0.15, 0.2) is 48.5 Å². The van der Waals surface area contributed by atoms with Gasteiger partial charge in [-0.15, -0.1) is 0 Å². The van der Waals surface area contributed by atoms with Gasteiger partial charge in [-0.25, -0.2) is 0 Å². The maximum absolute atomic E-state index is 5.65. The summed E-state index contributed by atoms with van der Waals surface area (Å²) in [7, 11) is 1.65. The number of hydrogen-bond acceptors (Lipinski definition) is 3. The van der Waals surface area contributed by atoms with E-state index in [1.54, 1.807) is 7.11 Å². The fourth-order valence-electron chi connectivity index (χ4n) is 2.03. The molecule has 5 heteroatoms. The van der Waals surface area contributed by atoms with Crippen LogP contribution in [0.3, 0.4) is 0 Å². The highest BCUT2D eigenvalue weighted by Crippen LogP contribution is 2.28. The van der Waals surface area contributed by atoms with Crippen LogP contribution in [0.5, 0.6) is 11.5 Å². The van der Waals surface area contributed by atoms with E-state index in [2.05, 4.69) is 17.6 Å². The standard InChI is InChI=1S/C18H22N2O2S/c1-3-11-22-16-10-9-14(12-17(16)21-2)13-19-18(23)20-15-7-5-4-6-8-15/h4-10,12H,3,11,13H2,1-2H3,(H2,19,20,23). The molecule has 0 atom stereocenters. The molecule has 0 saturated heterocycles. The number of para-hydroxylation sites is 1. The topological polar surface area (TPSA) is 42.5 Å². The first kappa shape index (κ1) is 17.1. The Labute approximate surface area is 142 Å². The van der Waals surface area contributed by atoms with Crippen LogP contribution in [-0.4, -0.2) is 18.8 Å². The molecule has 0 radical (unpaired) electrons. The lowest BCUT2D eigenvalue weighted by Crippen LogP contribution is -2.27. The van der Waals surface area contributed by atoms with E-state index in [4.69, 9.17) is 21.7 Å². The summed E-state index contributed by atoms with van der Waals surface area (Å²) < 4.78 is 11.0. The molecule has 2 aromatic rings. The molecule has 0 aliphatic rings. The molecule has 2 rings (SSSR count). The quantitative estimate of drug-likeness (QED) is 0.752. The van der Waals surface area contributed by atoms with E-state index >= 15 is 0 Å². The highest BCUT2D eigenvalue weighted by atomic mass is 32.1. The van der Waals surface area contributed by atoms with Crippen LogP contribution in [0.2, 0.25) is 0 Å². The Hall–Kier alpha value is -2.27. The molecule has 0 fully saturated rings. The molecule has 2 N–H and O–H groups in total. The van der Waals surface area contributed by atoms with Crippen molar-refractivity contribution >= 4 is 23.0 Å². The molecule has 0 aromatic heterocycles. The minimum atomic E-state index is 0.585. The zero-order valence-corrected chi connectivity index (χ0v) is 14.3. The number of thiocarbonyl (C=S) groups is 1. The molecule has 0 saturated carbocycles. The Morgan fingerprint density at radius 3 is 2.57 bits per heavy atom. The molecule has 0 bridgehead atoms. The monoisotopic (exact) mass is 330 g/mol. The average Bonchev–Trinajstić information content (AvgIpc) is 2.59. The summed E-state index contributed by atoms with van der Waals surface area (Å²) in [6, 6.07) is 15.7. The van der Waals surface area contributed by atoms with Crippen molar-refractivity contribution in [2.24, 2.45) is 0 Å². The lowest BCUT2D eigenvalue weighted by atomic mass is 10.2. The minimum Gasteiger partial charge on any atom is -0.493 e. The maximum atomic E-state index is 5.65. The predicted octanol–water partition coefficient (Wildman–Crippen LogP) is 3.97. The minimum absolute atomic E-state index is 0.585. The fraction of sp³-hybridized carbons (Fsp3) is 0.278. The Bertz CT molecular complexity index is 632. The van der Waals surface area contributed by atoms with Crippen LogP contribution in [0, 0.1) is 0 Å². The molecule has 0 aliphatic carbocycles. The van der Waals surface area contributed by atoms with Gasteiger partial charge in [-0.1, -0.05) is 31.2 Å². The lowest BCUT2D eigenvalue weighted by molar-refractivity contribution is 0.294.